The summed E-state index contributed by atoms with van der Waals surface area (Å²) in [5.41, 5.74) is 3.78. The van der Waals surface area contributed by atoms with Crippen LogP contribution in [0.15, 0.2) is 18.5 Å². The van der Waals surface area contributed by atoms with Crippen LogP contribution in [-0.4, -0.2) is 63.4 Å². The number of aliphatic hydroxyl groups is 1. The molecule has 0 aromatic carbocycles. The predicted octanol–water partition coefficient (Wildman–Crippen LogP) is 0.675. The van der Waals surface area contributed by atoms with Crippen molar-refractivity contribution in [3.63, 3.8) is 0 Å². The predicted molar refractivity (Wildman–Crippen MR) is 112 cm³/mol. The van der Waals surface area contributed by atoms with E-state index in [4.69, 9.17) is 24.7 Å². The first-order chi connectivity index (χ1) is 15.5. The molecule has 4 atom stereocenters. The third-order valence-electron chi connectivity index (χ3n) is 5.22. The van der Waals surface area contributed by atoms with E-state index >= 15 is 0 Å². The van der Waals surface area contributed by atoms with Gasteiger partial charge in [-0.1, -0.05) is 6.92 Å². The summed E-state index contributed by atoms with van der Waals surface area (Å²) < 4.78 is 23.2. The molecular formula is C21H27N5O7. The number of nitrogens with two attached hydrogens (primary N) is 1. The smallest absolute Gasteiger partial charge is 0.313 e. The molecule has 0 radical (unpaired) electrons. The quantitative estimate of drug-likeness (QED) is 0.438. The highest BCUT2D eigenvalue weighted by Crippen LogP contribution is 2.41. The minimum absolute atomic E-state index is 0.132. The van der Waals surface area contributed by atoms with E-state index in [0.717, 1.165) is 0 Å². The first-order valence-electron chi connectivity index (χ1n) is 10.4. The summed E-state index contributed by atoms with van der Waals surface area (Å²) >= 11 is 0. The number of anilines is 1. The second-order valence-electron chi connectivity index (χ2n) is 8.58. The lowest BCUT2D eigenvalue weighted by atomic mass is 9.92. The van der Waals surface area contributed by atoms with E-state index in [1.54, 1.807) is 33.8 Å². The molecule has 0 saturated carbocycles. The standard InChI is InChI=1S/C21H27N5O7/c1-5-15(27)30-8-13-16(31-11-32-19(29)20(2,3)4)17(28)21(9-22,33-13)14-7-6-12-18(23)24-10-25-26(12)14/h6-7,10,13,16-17,28H,5,8,11H2,1-4H3,(H2,23,24,25)/t13-,16-,17-,21+/m1/s1. The Morgan fingerprint density at radius 1 is 1.36 bits per heavy atom. The summed E-state index contributed by atoms with van der Waals surface area (Å²) in [5, 5.41) is 25.4. The number of hydrogen-bond acceptors (Lipinski definition) is 11. The number of nitriles is 1. The van der Waals surface area contributed by atoms with Crippen LogP contribution in [-0.2, 0) is 34.1 Å². The molecule has 0 spiro atoms. The lowest BCUT2D eigenvalue weighted by Crippen LogP contribution is -2.43. The van der Waals surface area contributed by atoms with E-state index in [1.165, 1.54) is 16.9 Å². The second kappa shape index (κ2) is 9.30. The highest BCUT2D eigenvalue weighted by atomic mass is 16.7. The molecule has 2 aromatic heterocycles. The Bertz CT molecular complexity index is 1070. The number of nitrogens with zero attached hydrogens (tertiary/aromatic N) is 4. The van der Waals surface area contributed by atoms with Crippen LogP contribution in [0.25, 0.3) is 5.52 Å². The summed E-state index contributed by atoms with van der Waals surface area (Å²) in [4.78, 5) is 27.7. The van der Waals surface area contributed by atoms with Crippen molar-refractivity contribution >= 4 is 23.3 Å². The van der Waals surface area contributed by atoms with E-state index in [9.17, 15) is 20.0 Å². The minimum atomic E-state index is -1.94. The van der Waals surface area contributed by atoms with Crippen LogP contribution in [0.1, 0.15) is 39.8 Å². The van der Waals surface area contributed by atoms with Crippen molar-refractivity contribution in [3.8, 4) is 6.07 Å². The number of aromatic nitrogens is 3. The van der Waals surface area contributed by atoms with Crippen molar-refractivity contribution in [3.05, 3.63) is 24.2 Å². The minimum Gasteiger partial charge on any atom is -0.463 e. The number of nitrogen functional groups attached to an aromatic ring is 1. The molecule has 0 bridgehead atoms. The molecular weight excluding hydrogens is 434 g/mol. The van der Waals surface area contributed by atoms with Crippen LogP contribution in [0, 0.1) is 16.7 Å². The molecule has 3 N–H and O–H groups in total. The Balaban J connectivity index is 1.91. The summed E-state index contributed by atoms with van der Waals surface area (Å²) in [6.45, 7) is 5.89. The Morgan fingerprint density at radius 3 is 2.73 bits per heavy atom. The van der Waals surface area contributed by atoms with Gasteiger partial charge < -0.3 is 29.8 Å². The van der Waals surface area contributed by atoms with E-state index in [1.807, 2.05) is 6.07 Å². The van der Waals surface area contributed by atoms with Gasteiger partial charge in [-0.25, -0.2) is 9.50 Å². The number of ether oxygens (including phenoxy) is 4. The molecule has 1 aliphatic heterocycles. The van der Waals surface area contributed by atoms with Gasteiger partial charge in [-0.2, -0.15) is 10.4 Å². The van der Waals surface area contributed by atoms with Crippen LogP contribution >= 0.6 is 0 Å². The molecule has 12 heteroatoms. The van der Waals surface area contributed by atoms with Gasteiger partial charge in [0.2, 0.25) is 5.60 Å². The summed E-state index contributed by atoms with van der Waals surface area (Å²) in [6.07, 6.45) is -2.40. The van der Waals surface area contributed by atoms with E-state index < -0.39 is 48.1 Å². The largest absolute Gasteiger partial charge is 0.463 e. The maximum Gasteiger partial charge on any atom is 0.313 e. The molecule has 178 valence electrons. The number of fused-ring (bicyclic) bond motifs is 1. The van der Waals surface area contributed by atoms with Crippen molar-refractivity contribution < 1.29 is 33.6 Å². The average Bonchev–Trinajstić information content (AvgIpc) is 3.32. The van der Waals surface area contributed by atoms with Gasteiger partial charge in [0.25, 0.3) is 0 Å². The Labute approximate surface area is 190 Å². The van der Waals surface area contributed by atoms with Crippen LogP contribution in [0.5, 0.6) is 0 Å². The third kappa shape index (κ3) is 4.61. The molecule has 3 rings (SSSR count). The van der Waals surface area contributed by atoms with Crippen molar-refractivity contribution in [1.29, 1.82) is 5.26 Å². The molecule has 33 heavy (non-hydrogen) atoms. The van der Waals surface area contributed by atoms with Gasteiger partial charge in [0.1, 0.15) is 42.8 Å². The fourth-order valence-electron chi connectivity index (χ4n) is 3.39. The van der Waals surface area contributed by atoms with Crippen molar-refractivity contribution in [2.24, 2.45) is 5.41 Å². The first-order valence-corrected chi connectivity index (χ1v) is 10.4. The SMILES string of the molecule is CCC(=O)OC[C@H]1O[C@@](C#N)(c2ccc3c(N)ncnn23)[C@H](O)[C@@H]1OCOC(=O)C(C)(C)C. The van der Waals surface area contributed by atoms with Crippen molar-refractivity contribution in [2.45, 2.75) is 58.0 Å². The Hall–Kier alpha value is -3.27. The maximum atomic E-state index is 12.1. The van der Waals surface area contributed by atoms with Gasteiger partial charge in [0.15, 0.2) is 12.6 Å². The Morgan fingerprint density at radius 2 is 2.09 bits per heavy atom. The zero-order chi connectivity index (χ0) is 24.4. The second-order valence-corrected chi connectivity index (χ2v) is 8.58. The van der Waals surface area contributed by atoms with Crippen LogP contribution < -0.4 is 5.73 Å². The highest BCUT2D eigenvalue weighted by Gasteiger charge is 2.59. The molecule has 0 unspecified atom stereocenters. The lowest BCUT2D eigenvalue weighted by molar-refractivity contribution is -0.178. The average molecular weight is 461 g/mol. The van der Waals surface area contributed by atoms with Crippen LogP contribution in [0.3, 0.4) is 0 Å². The summed E-state index contributed by atoms with van der Waals surface area (Å²) in [6, 6.07) is 5.12. The van der Waals surface area contributed by atoms with Crippen LogP contribution in [0.4, 0.5) is 5.82 Å². The number of aliphatic hydroxyl groups excluding tert-OH is 1. The number of hydrogen-bond donors (Lipinski definition) is 2. The third-order valence-corrected chi connectivity index (χ3v) is 5.22. The molecule has 2 aromatic rings. The zero-order valence-corrected chi connectivity index (χ0v) is 18.8. The fraction of sp³-hybridized carbons (Fsp3) is 0.571. The van der Waals surface area contributed by atoms with Gasteiger partial charge in [-0.05, 0) is 32.9 Å². The van der Waals surface area contributed by atoms with Gasteiger partial charge in [0.05, 0.1) is 11.1 Å². The number of esters is 2. The van der Waals surface area contributed by atoms with Gasteiger partial charge in [-0.15, -0.1) is 0 Å². The molecule has 1 aliphatic rings. The Kier molecular flexibility index (Phi) is 6.87. The maximum absolute atomic E-state index is 12.1. The van der Waals surface area contributed by atoms with Gasteiger partial charge in [0, 0.05) is 6.42 Å². The first kappa shape index (κ1) is 24.4. The van der Waals surface area contributed by atoms with Gasteiger partial charge in [-0.3, -0.25) is 9.59 Å². The lowest BCUT2D eigenvalue weighted by Gasteiger charge is -2.25. The van der Waals surface area contributed by atoms with E-state index in [2.05, 4.69) is 10.1 Å². The molecule has 12 nitrogen and oxygen atoms in total. The number of carbonyl (C=O) groups excluding carboxylic acids is 2. The van der Waals surface area contributed by atoms with E-state index in [-0.39, 0.29) is 24.5 Å². The number of rotatable bonds is 7. The molecule has 0 amide bonds. The van der Waals surface area contributed by atoms with Gasteiger partial charge >= 0.3 is 11.9 Å². The van der Waals surface area contributed by atoms with Crippen molar-refractivity contribution in [2.75, 3.05) is 19.1 Å². The summed E-state index contributed by atoms with van der Waals surface area (Å²) in [7, 11) is 0. The van der Waals surface area contributed by atoms with Crippen LogP contribution in [0.2, 0.25) is 0 Å². The highest BCUT2D eigenvalue weighted by molar-refractivity contribution is 5.75. The fourth-order valence-corrected chi connectivity index (χ4v) is 3.39. The molecule has 1 saturated heterocycles. The topological polar surface area (TPSA) is 171 Å². The normalized spacial score (nSPS) is 25.0. The summed E-state index contributed by atoms with van der Waals surface area (Å²) in [5.74, 6) is -0.831. The molecule has 1 fully saturated rings. The zero-order valence-electron chi connectivity index (χ0n) is 18.8. The van der Waals surface area contributed by atoms with E-state index in [0.29, 0.717) is 5.52 Å². The van der Waals surface area contributed by atoms with Crippen molar-refractivity contribution in [1.82, 2.24) is 14.6 Å². The monoisotopic (exact) mass is 461 g/mol. The molecule has 3 heterocycles. The number of carbonyl (C=O) groups is 2. The molecule has 0 aliphatic carbocycles.